The molecule has 17 heavy (non-hydrogen) atoms. The number of hydrogen-bond acceptors (Lipinski definition) is 1. The molecule has 3 fully saturated rings. The molecule has 0 bridgehead atoms. The van der Waals surface area contributed by atoms with E-state index in [0.717, 1.165) is 13.1 Å². The Labute approximate surface area is 104 Å². The molecule has 0 spiro atoms. The molecule has 0 radical (unpaired) electrons. The van der Waals surface area contributed by atoms with Crippen LogP contribution in [0.3, 0.4) is 0 Å². The van der Waals surface area contributed by atoms with E-state index in [2.05, 4.69) is 41.7 Å². The van der Waals surface area contributed by atoms with E-state index in [1.807, 2.05) is 0 Å². The molecule has 3 aliphatic heterocycles. The van der Waals surface area contributed by atoms with Crippen LogP contribution in [-0.2, 0) is 4.57 Å². The summed E-state index contributed by atoms with van der Waals surface area (Å²) >= 11 is 0. The van der Waals surface area contributed by atoms with Gasteiger partial charge in [0, 0.05) is 37.3 Å². The van der Waals surface area contributed by atoms with Gasteiger partial charge in [-0.05, 0) is 40.5 Å². The monoisotopic (exact) mass is 257 g/mol. The molecule has 0 saturated carbocycles. The first-order chi connectivity index (χ1) is 7.96. The van der Waals surface area contributed by atoms with Gasteiger partial charge in [-0.3, -0.25) is 4.57 Å². The maximum atomic E-state index is 13.6. The predicted molar refractivity (Wildman–Crippen MR) is 69.9 cm³/mol. The Bertz CT molecular complexity index is 345. The highest BCUT2D eigenvalue weighted by Gasteiger charge is 2.60. The topological polar surface area (TPSA) is 26.3 Å². The van der Waals surface area contributed by atoms with Crippen molar-refractivity contribution >= 4 is 7.59 Å². The van der Waals surface area contributed by atoms with Crippen molar-refractivity contribution in [2.75, 3.05) is 13.1 Å². The van der Waals surface area contributed by atoms with Crippen LogP contribution in [0.2, 0.25) is 0 Å². The maximum Gasteiger partial charge on any atom is 0.288 e. The molecule has 0 aromatic carbocycles. The standard InChI is InChI=1S/C12H24N3OP/c1-9-5-6-10(2)15(9)17(16,13-7-11(13)3)14-8-12(14)4/h9-12H,5-8H2,1-4H3. The van der Waals surface area contributed by atoms with E-state index in [1.54, 1.807) is 0 Å². The molecule has 0 N–H and O–H groups in total. The molecule has 3 rings (SSSR count). The first-order valence-corrected chi connectivity index (χ1v) is 8.46. The largest absolute Gasteiger partial charge is 0.288 e. The van der Waals surface area contributed by atoms with Gasteiger partial charge in [-0.25, -0.2) is 14.0 Å². The predicted octanol–water partition coefficient (Wildman–Crippen LogP) is 2.38. The van der Waals surface area contributed by atoms with E-state index in [1.165, 1.54) is 12.8 Å². The van der Waals surface area contributed by atoms with E-state index in [-0.39, 0.29) is 0 Å². The van der Waals surface area contributed by atoms with Gasteiger partial charge >= 0.3 is 0 Å². The Morgan fingerprint density at radius 3 is 1.47 bits per heavy atom. The van der Waals surface area contributed by atoms with Crippen molar-refractivity contribution in [3.05, 3.63) is 0 Å². The van der Waals surface area contributed by atoms with Crippen molar-refractivity contribution in [3.8, 4) is 0 Å². The second-order valence-electron chi connectivity index (χ2n) is 6.11. The summed E-state index contributed by atoms with van der Waals surface area (Å²) in [6.45, 7) is 10.9. The summed E-state index contributed by atoms with van der Waals surface area (Å²) < 4.78 is 20.4. The Kier molecular flexibility index (Phi) is 2.72. The lowest BCUT2D eigenvalue weighted by Gasteiger charge is -2.36. The Balaban J connectivity index is 1.91. The third-order valence-corrected chi connectivity index (χ3v) is 8.37. The lowest BCUT2D eigenvalue weighted by atomic mass is 10.2. The zero-order chi connectivity index (χ0) is 12.4. The number of rotatable bonds is 3. The van der Waals surface area contributed by atoms with Gasteiger partial charge in [0.25, 0.3) is 7.59 Å². The lowest BCUT2D eigenvalue weighted by Crippen LogP contribution is -2.35. The Hall–Kier alpha value is 0.110. The van der Waals surface area contributed by atoms with Crippen LogP contribution in [0.25, 0.3) is 0 Å². The molecular weight excluding hydrogens is 233 g/mol. The summed E-state index contributed by atoms with van der Waals surface area (Å²) in [5.74, 6) is 0. The van der Waals surface area contributed by atoms with E-state index in [0.29, 0.717) is 24.2 Å². The van der Waals surface area contributed by atoms with E-state index >= 15 is 0 Å². The number of nitrogens with zero attached hydrogens (tertiary/aromatic N) is 3. The third kappa shape index (κ3) is 1.73. The first kappa shape index (κ1) is 12.2. The van der Waals surface area contributed by atoms with Crippen molar-refractivity contribution < 1.29 is 4.57 Å². The van der Waals surface area contributed by atoms with Crippen LogP contribution in [0, 0.1) is 0 Å². The molecule has 6 unspecified atom stereocenters. The van der Waals surface area contributed by atoms with Crippen LogP contribution in [0.5, 0.6) is 0 Å². The minimum Gasteiger partial charge on any atom is -0.270 e. The van der Waals surface area contributed by atoms with Gasteiger partial charge in [0.2, 0.25) is 0 Å². The van der Waals surface area contributed by atoms with E-state index in [4.69, 9.17) is 0 Å². The zero-order valence-electron chi connectivity index (χ0n) is 11.3. The lowest BCUT2D eigenvalue weighted by molar-refractivity contribution is 0.308. The summed E-state index contributed by atoms with van der Waals surface area (Å²) in [5.41, 5.74) is 0. The van der Waals surface area contributed by atoms with Crippen LogP contribution in [0.4, 0.5) is 0 Å². The SMILES string of the molecule is CC1CN1P(=O)(N1CC1C)N1C(C)CCC1C. The van der Waals surface area contributed by atoms with Crippen LogP contribution in [0.1, 0.15) is 40.5 Å². The highest BCUT2D eigenvalue weighted by atomic mass is 31.2. The van der Waals surface area contributed by atoms with Crippen molar-refractivity contribution in [2.45, 2.75) is 64.7 Å². The molecule has 3 saturated heterocycles. The van der Waals surface area contributed by atoms with Crippen LogP contribution >= 0.6 is 7.59 Å². The van der Waals surface area contributed by atoms with Crippen molar-refractivity contribution in [1.29, 1.82) is 0 Å². The zero-order valence-corrected chi connectivity index (χ0v) is 12.2. The van der Waals surface area contributed by atoms with E-state index < -0.39 is 7.59 Å². The minimum absolute atomic E-state index is 0.469. The third-order valence-electron chi connectivity index (χ3n) is 4.53. The summed E-state index contributed by atoms with van der Waals surface area (Å²) in [7, 11) is -2.41. The normalized spacial score (nSPS) is 53.4. The van der Waals surface area contributed by atoms with Crippen LogP contribution < -0.4 is 0 Å². The fourth-order valence-electron chi connectivity index (χ4n) is 3.28. The Morgan fingerprint density at radius 2 is 1.18 bits per heavy atom. The molecule has 3 aliphatic rings. The molecular formula is C12H24N3OP. The molecule has 0 aliphatic carbocycles. The second-order valence-corrected chi connectivity index (χ2v) is 8.63. The van der Waals surface area contributed by atoms with Crippen LogP contribution in [0.15, 0.2) is 0 Å². The summed E-state index contributed by atoms with van der Waals surface area (Å²) in [5, 5.41) is 0. The van der Waals surface area contributed by atoms with Gasteiger partial charge < -0.3 is 0 Å². The summed E-state index contributed by atoms with van der Waals surface area (Å²) in [4.78, 5) is 0. The van der Waals surface area contributed by atoms with Crippen molar-refractivity contribution in [3.63, 3.8) is 0 Å². The maximum absolute atomic E-state index is 13.6. The number of hydrogen-bond donors (Lipinski definition) is 0. The quantitative estimate of drug-likeness (QED) is 0.573. The van der Waals surface area contributed by atoms with Gasteiger partial charge in [0.1, 0.15) is 0 Å². The molecule has 5 heteroatoms. The average molecular weight is 257 g/mol. The van der Waals surface area contributed by atoms with Crippen molar-refractivity contribution in [1.82, 2.24) is 14.0 Å². The molecule has 4 nitrogen and oxygen atoms in total. The van der Waals surface area contributed by atoms with Crippen molar-refractivity contribution in [2.24, 2.45) is 0 Å². The van der Waals surface area contributed by atoms with Gasteiger partial charge in [-0.2, -0.15) is 0 Å². The fraction of sp³-hybridized carbons (Fsp3) is 1.00. The van der Waals surface area contributed by atoms with E-state index in [9.17, 15) is 4.57 Å². The summed E-state index contributed by atoms with van der Waals surface area (Å²) in [6, 6.07) is 1.95. The minimum atomic E-state index is -2.41. The van der Waals surface area contributed by atoms with Gasteiger partial charge in [-0.15, -0.1) is 0 Å². The van der Waals surface area contributed by atoms with Gasteiger partial charge in [0.05, 0.1) is 0 Å². The average Bonchev–Trinajstić information content (AvgIpc) is 3.12. The second kappa shape index (κ2) is 3.80. The highest BCUT2D eigenvalue weighted by molar-refractivity contribution is 7.57. The molecule has 0 amide bonds. The van der Waals surface area contributed by atoms with Crippen LogP contribution in [-0.4, -0.2) is 51.3 Å². The first-order valence-electron chi connectivity index (χ1n) is 6.89. The van der Waals surface area contributed by atoms with Gasteiger partial charge in [-0.1, -0.05) is 0 Å². The van der Waals surface area contributed by atoms with Gasteiger partial charge in [0.15, 0.2) is 0 Å². The highest BCUT2D eigenvalue weighted by Crippen LogP contribution is 2.68. The fourth-order valence-corrected chi connectivity index (χ4v) is 7.29. The molecule has 3 heterocycles. The Morgan fingerprint density at radius 1 is 0.824 bits per heavy atom. The smallest absolute Gasteiger partial charge is 0.270 e. The molecule has 98 valence electrons. The summed E-state index contributed by atoms with van der Waals surface area (Å²) in [6.07, 6.45) is 2.38. The molecule has 0 aromatic rings. The molecule has 0 aromatic heterocycles. The molecule has 6 atom stereocenters.